The van der Waals surface area contributed by atoms with Crippen molar-refractivity contribution in [2.75, 3.05) is 0 Å². The number of hydrogen-bond donors (Lipinski definition) is 0. The summed E-state index contributed by atoms with van der Waals surface area (Å²) in [6.45, 7) is 10.0. The molecule has 0 aromatic heterocycles. The van der Waals surface area contributed by atoms with E-state index in [1.54, 1.807) is 22.3 Å². The van der Waals surface area contributed by atoms with Crippen molar-refractivity contribution >= 4 is 18.1 Å². The fourth-order valence-electron chi connectivity index (χ4n) is 4.68. The number of hydrogen-bond acceptors (Lipinski definition) is 0. The SMILES string of the molecule is CC1=Cc2ccccc2[CH]1[Hf]([CH]1C(C)=Cc2ccccc21)[SiH](C)C. The quantitative estimate of drug-likeness (QED) is 0.465. The summed E-state index contributed by atoms with van der Waals surface area (Å²) in [6, 6.07) is 18.3. The van der Waals surface area contributed by atoms with Gasteiger partial charge in [0.2, 0.25) is 0 Å². The molecule has 121 valence electrons. The van der Waals surface area contributed by atoms with Gasteiger partial charge in [0.15, 0.2) is 0 Å². The molecule has 0 fully saturated rings. The van der Waals surface area contributed by atoms with Gasteiger partial charge in [0.1, 0.15) is 0 Å². The minimum atomic E-state index is -1.93. The van der Waals surface area contributed by atoms with Gasteiger partial charge in [-0.1, -0.05) is 0 Å². The second kappa shape index (κ2) is 6.38. The fraction of sp³-hybridized carbons (Fsp3) is 0.273. The number of allylic oxidation sites excluding steroid dienone is 2. The summed E-state index contributed by atoms with van der Waals surface area (Å²) in [4.78, 5) is 0. The van der Waals surface area contributed by atoms with Crippen molar-refractivity contribution in [3.63, 3.8) is 0 Å². The first-order valence-corrected chi connectivity index (χ1v) is 22.2. The molecule has 0 radical (unpaired) electrons. The molecule has 0 spiro atoms. The second-order valence-corrected chi connectivity index (χ2v) is 35.5. The molecule has 0 nitrogen and oxygen atoms in total. The Morgan fingerprint density at radius 2 is 1.12 bits per heavy atom. The van der Waals surface area contributed by atoms with Crippen LogP contribution >= 0.6 is 0 Å². The van der Waals surface area contributed by atoms with Crippen LogP contribution in [0.5, 0.6) is 0 Å². The monoisotopic (exact) mass is 497 g/mol. The van der Waals surface area contributed by atoms with Crippen molar-refractivity contribution in [2.24, 2.45) is 0 Å². The average Bonchev–Trinajstić information content (AvgIpc) is 3.05. The van der Waals surface area contributed by atoms with Gasteiger partial charge in [-0.05, 0) is 0 Å². The summed E-state index contributed by atoms with van der Waals surface area (Å²) >= 11 is -1.93. The summed E-state index contributed by atoms with van der Waals surface area (Å²) in [5, 5.41) is 0. The van der Waals surface area contributed by atoms with E-state index >= 15 is 0 Å². The number of benzene rings is 2. The van der Waals surface area contributed by atoms with Crippen molar-refractivity contribution in [1.29, 1.82) is 0 Å². The zero-order valence-corrected chi connectivity index (χ0v) is 19.8. The van der Waals surface area contributed by atoms with E-state index in [9.17, 15) is 0 Å². The zero-order chi connectivity index (χ0) is 16.8. The molecule has 0 heterocycles. The molecule has 2 aromatic carbocycles. The van der Waals surface area contributed by atoms with E-state index in [1.165, 1.54) is 11.1 Å². The Morgan fingerprint density at radius 3 is 1.54 bits per heavy atom. The van der Waals surface area contributed by atoms with E-state index in [1.807, 2.05) is 0 Å². The first-order chi connectivity index (χ1) is 11.6. The van der Waals surface area contributed by atoms with Gasteiger partial charge in [0, 0.05) is 0 Å². The van der Waals surface area contributed by atoms with Crippen LogP contribution in [0.1, 0.15) is 43.5 Å². The fourth-order valence-corrected chi connectivity index (χ4v) is 37.7. The number of fused-ring (bicyclic) bond motifs is 2. The normalized spacial score (nSPS) is 21.4. The molecule has 2 aliphatic rings. The summed E-state index contributed by atoms with van der Waals surface area (Å²) in [5.74, 6) is -0.655. The molecule has 0 saturated heterocycles. The van der Waals surface area contributed by atoms with Crippen molar-refractivity contribution in [3.8, 4) is 0 Å². The van der Waals surface area contributed by atoms with Gasteiger partial charge in [0.25, 0.3) is 0 Å². The van der Waals surface area contributed by atoms with Gasteiger partial charge in [0.05, 0.1) is 0 Å². The Bertz CT molecular complexity index is 779. The molecule has 2 atom stereocenters. The molecule has 24 heavy (non-hydrogen) atoms. The first-order valence-electron chi connectivity index (χ1n) is 8.98. The minimum absolute atomic E-state index is 0.655. The Morgan fingerprint density at radius 1 is 0.708 bits per heavy atom. The van der Waals surface area contributed by atoms with Crippen molar-refractivity contribution in [1.82, 2.24) is 0 Å². The zero-order valence-electron chi connectivity index (χ0n) is 15.0. The Kier molecular flexibility index (Phi) is 4.38. The van der Waals surface area contributed by atoms with Crippen LogP contribution in [0, 0.1) is 0 Å². The average molecular weight is 496 g/mol. The van der Waals surface area contributed by atoms with E-state index in [2.05, 4.69) is 87.6 Å². The Balaban J connectivity index is 1.83. The van der Waals surface area contributed by atoms with E-state index in [0.29, 0.717) is 0 Å². The summed E-state index contributed by atoms with van der Waals surface area (Å²) in [7, 11) is 0. The Labute approximate surface area is 154 Å². The van der Waals surface area contributed by atoms with Crippen LogP contribution in [-0.4, -0.2) is 5.98 Å². The van der Waals surface area contributed by atoms with Crippen molar-refractivity contribution in [3.05, 3.63) is 81.9 Å². The predicted molar refractivity (Wildman–Crippen MR) is 105 cm³/mol. The molecule has 0 N–H and O–H groups in total. The van der Waals surface area contributed by atoms with E-state index < -0.39 is 26.6 Å². The van der Waals surface area contributed by atoms with E-state index in [0.717, 1.165) is 7.35 Å². The molecule has 2 aromatic rings. The molecule has 0 aliphatic heterocycles. The molecular formula is C22H25HfSi. The summed E-state index contributed by atoms with van der Waals surface area (Å²) in [5.41, 5.74) is 9.58. The second-order valence-electron chi connectivity index (χ2n) is 7.56. The van der Waals surface area contributed by atoms with E-state index in [4.69, 9.17) is 0 Å². The molecular weight excluding hydrogens is 471 g/mol. The molecule has 0 bridgehead atoms. The van der Waals surface area contributed by atoms with Gasteiger partial charge >= 0.3 is 155 Å². The van der Waals surface area contributed by atoms with Gasteiger partial charge in [-0.2, -0.15) is 0 Å². The first kappa shape index (κ1) is 16.5. The van der Waals surface area contributed by atoms with Crippen molar-refractivity contribution in [2.45, 2.75) is 34.3 Å². The van der Waals surface area contributed by atoms with Crippen LogP contribution in [-0.2, 0) is 20.6 Å². The topological polar surface area (TPSA) is 0 Å². The maximum atomic E-state index is 2.63. The molecule has 0 saturated carbocycles. The summed E-state index contributed by atoms with van der Waals surface area (Å²) in [6.07, 6.45) is 4.95. The van der Waals surface area contributed by atoms with Crippen LogP contribution in [0.4, 0.5) is 0 Å². The Hall–Kier alpha value is -0.993. The van der Waals surface area contributed by atoms with Gasteiger partial charge in [-0.15, -0.1) is 0 Å². The third kappa shape index (κ3) is 2.59. The molecule has 0 amide bonds. The standard InChI is InChI=1S/2C10H9.C2H7Si.Hf/c2*1-8-6-9-4-2-3-5-10(9)7-8;1-3-2;/h2*2-7H,1H3;3H,1-2H3;. The molecule has 2 unspecified atom stereocenters. The van der Waals surface area contributed by atoms with Gasteiger partial charge < -0.3 is 0 Å². The van der Waals surface area contributed by atoms with Crippen LogP contribution in [0.15, 0.2) is 59.7 Å². The molecule has 4 rings (SSSR count). The predicted octanol–water partition coefficient (Wildman–Crippen LogP) is 5.90. The number of rotatable bonds is 3. The third-order valence-electron chi connectivity index (χ3n) is 5.62. The molecule has 2 heteroatoms. The maximum absolute atomic E-state index is 2.63. The summed E-state index contributed by atoms with van der Waals surface area (Å²) < 4.78 is 1.61. The van der Waals surface area contributed by atoms with E-state index in [-0.39, 0.29) is 0 Å². The molecule has 2 aliphatic carbocycles. The van der Waals surface area contributed by atoms with Crippen molar-refractivity contribution < 1.29 is 20.6 Å². The van der Waals surface area contributed by atoms with Crippen LogP contribution in [0.3, 0.4) is 0 Å². The van der Waals surface area contributed by atoms with Gasteiger partial charge in [-0.25, -0.2) is 0 Å². The van der Waals surface area contributed by atoms with Gasteiger partial charge in [-0.3, -0.25) is 0 Å². The van der Waals surface area contributed by atoms with Crippen LogP contribution < -0.4 is 0 Å². The third-order valence-corrected chi connectivity index (χ3v) is 37.1. The van der Waals surface area contributed by atoms with Crippen LogP contribution in [0.2, 0.25) is 13.1 Å². The van der Waals surface area contributed by atoms with Crippen LogP contribution in [0.25, 0.3) is 12.2 Å².